The van der Waals surface area contributed by atoms with Gasteiger partial charge in [0, 0.05) is 37.9 Å². The lowest BCUT2D eigenvalue weighted by atomic mass is 10.1. The fourth-order valence-electron chi connectivity index (χ4n) is 2.10. The molecule has 0 aliphatic carbocycles. The first kappa shape index (κ1) is 14.7. The number of halogens is 1. The van der Waals surface area contributed by atoms with Gasteiger partial charge in [-0.25, -0.2) is 0 Å². The summed E-state index contributed by atoms with van der Waals surface area (Å²) in [6, 6.07) is 1.64. The van der Waals surface area contributed by atoms with E-state index >= 15 is 0 Å². The van der Waals surface area contributed by atoms with Crippen LogP contribution in [0.3, 0.4) is 0 Å². The van der Waals surface area contributed by atoms with Gasteiger partial charge in [-0.15, -0.1) is 12.4 Å². The summed E-state index contributed by atoms with van der Waals surface area (Å²) in [5, 5.41) is 3.24. The third kappa shape index (κ3) is 2.91. The fraction of sp³-hybridized carbons (Fsp3) is 0.500. The lowest BCUT2D eigenvalue weighted by Gasteiger charge is -2.34. The zero-order valence-electron chi connectivity index (χ0n) is 10.5. The van der Waals surface area contributed by atoms with Crippen molar-refractivity contribution in [2.24, 2.45) is 0 Å². The molecule has 1 aromatic rings. The van der Waals surface area contributed by atoms with E-state index in [0.717, 1.165) is 18.7 Å². The molecule has 100 valence electrons. The molecule has 1 fully saturated rings. The molecule has 1 aliphatic rings. The van der Waals surface area contributed by atoms with Crippen molar-refractivity contribution in [1.82, 2.24) is 15.2 Å². The minimum absolute atomic E-state index is 0. The van der Waals surface area contributed by atoms with E-state index in [1.807, 2.05) is 11.8 Å². The van der Waals surface area contributed by atoms with E-state index in [-0.39, 0.29) is 29.9 Å². The Bertz CT molecular complexity index is 486. The number of hydrogen-bond donors (Lipinski definition) is 2. The van der Waals surface area contributed by atoms with Gasteiger partial charge in [0.15, 0.2) is 0 Å². The standard InChI is InChI=1S/C12H17N3O2.ClH/c1-8-5-11(16)14-7-10(8)12(17)15-4-3-13-6-9(15)2;/h5,7,9,13H,3-4,6H2,1-2H3,(H,14,16);1H/t9-;/m0./s1. The first-order chi connectivity index (χ1) is 8.09. The second-order valence-corrected chi connectivity index (χ2v) is 4.45. The molecular formula is C12H18ClN3O2. The van der Waals surface area contributed by atoms with Gasteiger partial charge in [-0.3, -0.25) is 9.59 Å². The average molecular weight is 272 g/mol. The van der Waals surface area contributed by atoms with Gasteiger partial charge >= 0.3 is 0 Å². The number of aromatic nitrogens is 1. The van der Waals surface area contributed by atoms with Gasteiger partial charge in [0.2, 0.25) is 5.56 Å². The van der Waals surface area contributed by atoms with Crippen LogP contribution in [0.1, 0.15) is 22.8 Å². The number of hydrogen-bond acceptors (Lipinski definition) is 3. The SMILES string of the molecule is Cc1cc(=O)[nH]cc1C(=O)N1CCNC[C@@H]1C.Cl. The van der Waals surface area contributed by atoms with E-state index < -0.39 is 0 Å². The van der Waals surface area contributed by atoms with E-state index in [4.69, 9.17) is 0 Å². The van der Waals surface area contributed by atoms with E-state index in [1.54, 1.807) is 6.92 Å². The Hall–Kier alpha value is -1.33. The van der Waals surface area contributed by atoms with Crippen molar-refractivity contribution in [1.29, 1.82) is 0 Å². The third-order valence-electron chi connectivity index (χ3n) is 3.12. The average Bonchev–Trinajstić information content (AvgIpc) is 2.29. The van der Waals surface area contributed by atoms with Gasteiger partial charge < -0.3 is 15.2 Å². The largest absolute Gasteiger partial charge is 0.333 e. The summed E-state index contributed by atoms with van der Waals surface area (Å²) in [7, 11) is 0. The molecule has 2 rings (SSSR count). The minimum atomic E-state index is -0.174. The number of carbonyl (C=O) groups excluding carboxylic acids is 1. The maximum Gasteiger partial charge on any atom is 0.255 e. The summed E-state index contributed by atoms with van der Waals surface area (Å²) >= 11 is 0. The van der Waals surface area contributed by atoms with Crippen molar-refractivity contribution < 1.29 is 4.79 Å². The lowest BCUT2D eigenvalue weighted by Crippen LogP contribution is -2.52. The Morgan fingerprint density at radius 2 is 2.22 bits per heavy atom. The van der Waals surface area contributed by atoms with E-state index in [2.05, 4.69) is 10.3 Å². The van der Waals surface area contributed by atoms with Gasteiger partial charge in [0.25, 0.3) is 5.91 Å². The fourth-order valence-corrected chi connectivity index (χ4v) is 2.10. The highest BCUT2D eigenvalue weighted by Gasteiger charge is 2.24. The van der Waals surface area contributed by atoms with Gasteiger partial charge in [-0.2, -0.15) is 0 Å². The van der Waals surface area contributed by atoms with Crippen LogP contribution < -0.4 is 10.9 Å². The third-order valence-corrected chi connectivity index (χ3v) is 3.12. The van der Waals surface area contributed by atoms with Crippen LogP contribution in [0.4, 0.5) is 0 Å². The van der Waals surface area contributed by atoms with Gasteiger partial charge in [0.05, 0.1) is 5.56 Å². The predicted molar refractivity (Wildman–Crippen MR) is 72.4 cm³/mol. The summed E-state index contributed by atoms with van der Waals surface area (Å²) in [4.78, 5) is 27.8. The molecule has 5 nitrogen and oxygen atoms in total. The molecule has 0 saturated carbocycles. The second-order valence-electron chi connectivity index (χ2n) is 4.45. The van der Waals surface area contributed by atoms with Crippen molar-refractivity contribution in [3.63, 3.8) is 0 Å². The number of amides is 1. The zero-order chi connectivity index (χ0) is 12.4. The summed E-state index contributed by atoms with van der Waals surface area (Å²) in [5.74, 6) is -0.00671. The molecule has 1 aliphatic heterocycles. The molecular weight excluding hydrogens is 254 g/mol. The van der Waals surface area contributed by atoms with E-state index in [0.29, 0.717) is 12.1 Å². The van der Waals surface area contributed by atoms with Crippen molar-refractivity contribution in [2.75, 3.05) is 19.6 Å². The Balaban J connectivity index is 0.00000162. The van der Waals surface area contributed by atoms with Crippen LogP contribution in [0.5, 0.6) is 0 Å². The highest BCUT2D eigenvalue weighted by Crippen LogP contribution is 2.11. The summed E-state index contributed by atoms with van der Waals surface area (Å²) < 4.78 is 0. The maximum absolute atomic E-state index is 12.3. The molecule has 1 amide bonds. The lowest BCUT2D eigenvalue weighted by molar-refractivity contribution is 0.0654. The maximum atomic E-state index is 12.3. The van der Waals surface area contributed by atoms with Crippen LogP contribution in [0, 0.1) is 6.92 Å². The Morgan fingerprint density at radius 3 is 2.83 bits per heavy atom. The molecule has 0 bridgehead atoms. The Morgan fingerprint density at radius 1 is 1.50 bits per heavy atom. The normalized spacial score (nSPS) is 19.2. The van der Waals surface area contributed by atoms with Crippen LogP contribution >= 0.6 is 12.4 Å². The molecule has 0 radical (unpaired) electrons. The Kier molecular flexibility index (Phi) is 4.93. The predicted octanol–water partition coefficient (Wildman–Crippen LogP) is 0.539. The van der Waals surface area contributed by atoms with Crippen molar-refractivity contribution in [3.05, 3.63) is 33.7 Å². The van der Waals surface area contributed by atoms with Crippen molar-refractivity contribution in [3.8, 4) is 0 Å². The highest BCUT2D eigenvalue weighted by atomic mass is 35.5. The molecule has 1 aromatic heterocycles. The van der Waals surface area contributed by atoms with Crippen LogP contribution in [0.25, 0.3) is 0 Å². The van der Waals surface area contributed by atoms with Gasteiger partial charge in [0.1, 0.15) is 0 Å². The first-order valence-corrected chi connectivity index (χ1v) is 5.80. The van der Waals surface area contributed by atoms with Gasteiger partial charge in [-0.1, -0.05) is 0 Å². The van der Waals surface area contributed by atoms with E-state index in [1.165, 1.54) is 12.3 Å². The number of piperazine rings is 1. The molecule has 6 heteroatoms. The number of rotatable bonds is 1. The van der Waals surface area contributed by atoms with Crippen LogP contribution in [0.15, 0.2) is 17.1 Å². The molecule has 0 aromatic carbocycles. The number of pyridine rings is 1. The molecule has 2 heterocycles. The van der Waals surface area contributed by atoms with Gasteiger partial charge in [-0.05, 0) is 19.4 Å². The molecule has 0 unspecified atom stereocenters. The molecule has 18 heavy (non-hydrogen) atoms. The quantitative estimate of drug-likeness (QED) is 0.784. The number of aryl methyl sites for hydroxylation is 1. The molecule has 2 N–H and O–H groups in total. The number of aromatic amines is 1. The number of H-pyrrole nitrogens is 1. The number of nitrogens with one attached hydrogen (secondary N) is 2. The topological polar surface area (TPSA) is 65.2 Å². The number of carbonyl (C=O) groups is 1. The zero-order valence-corrected chi connectivity index (χ0v) is 11.3. The monoisotopic (exact) mass is 271 g/mol. The van der Waals surface area contributed by atoms with Crippen LogP contribution in [-0.2, 0) is 0 Å². The highest BCUT2D eigenvalue weighted by molar-refractivity contribution is 5.95. The molecule has 0 spiro atoms. The van der Waals surface area contributed by atoms with Crippen LogP contribution in [0.2, 0.25) is 0 Å². The first-order valence-electron chi connectivity index (χ1n) is 5.80. The molecule has 1 atom stereocenters. The summed E-state index contributed by atoms with van der Waals surface area (Å²) in [5.41, 5.74) is 1.13. The van der Waals surface area contributed by atoms with Crippen LogP contribution in [-0.4, -0.2) is 41.5 Å². The smallest absolute Gasteiger partial charge is 0.255 e. The molecule has 1 saturated heterocycles. The Labute approximate surface area is 112 Å². The summed E-state index contributed by atoms with van der Waals surface area (Å²) in [6.07, 6.45) is 1.51. The minimum Gasteiger partial charge on any atom is -0.333 e. The van der Waals surface area contributed by atoms with Crippen molar-refractivity contribution in [2.45, 2.75) is 19.9 Å². The van der Waals surface area contributed by atoms with E-state index in [9.17, 15) is 9.59 Å². The number of nitrogens with zero attached hydrogens (tertiary/aromatic N) is 1. The summed E-state index contributed by atoms with van der Waals surface area (Å²) in [6.45, 7) is 6.14. The van der Waals surface area contributed by atoms with Crippen molar-refractivity contribution >= 4 is 18.3 Å². The second kappa shape index (κ2) is 6.02.